The molecule has 0 bridgehead atoms. The van der Waals surface area contributed by atoms with Crippen molar-refractivity contribution in [3.63, 3.8) is 0 Å². The van der Waals surface area contributed by atoms with Gasteiger partial charge in [0.1, 0.15) is 0 Å². The lowest BCUT2D eigenvalue weighted by Crippen LogP contribution is -2.05. The van der Waals surface area contributed by atoms with Crippen molar-refractivity contribution in [2.75, 3.05) is 0 Å². The number of rotatable bonds is 3. The zero-order valence-corrected chi connectivity index (χ0v) is 11.2. The average Bonchev–Trinajstić information content (AvgIpc) is 2.37. The van der Waals surface area contributed by atoms with Crippen LogP contribution in [0, 0.1) is 13.8 Å². The second-order valence-electron chi connectivity index (χ2n) is 4.71. The summed E-state index contributed by atoms with van der Waals surface area (Å²) in [7, 11) is 0. The van der Waals surface area contributed by atoms with Crippen molar-refractivity contribution in [1.29, 1.82) is 0 Å². The van der Waals surface area contributed by atoms with Crippen molar-refractivity contribution >= 4 is 11.9 Å². The van der Waals surface area contributed by atoms with Crippen molar-refractivity contribution in [1.82, 2.24) is 0 Å². The molecule has 0 aliphatic heterocycles. The van der Waals surface area contributed by atoms with Crippen LogP contribution in [0.5, 0.6) is 0 Å². The number of hydrogen-bond donors (Lipinski definition) is 2. The van der Waals surface area contributed by atoms with Gasteiger partial charge in [-0.25, -0.2) is 9.59 Å². The van der Waals surface area contributed by atoms with Crippen molar-refractivity contribution in [3.8, 4) is 11.1 Å². The molecule has 0 radical (unpaired) electrons. The van der Waals surface area contributed by atoms with Gasteiger partial charge in [0.15, 0.2) is 0 Å². The number of carbonyl (C=O) groups is 2. The van der Waals surface area contributed by atoms with Gasteiger partial charge in [-0.3, -0.25) is 0 Å². The highest BCUT2D eigenvalue weighted by Gasteiger charge is 2.17. The van der Waals surface area contributed by atoms with Gasteiger partial charge in [0.2, 0.25) is 0 Å². The molecule has 2 N–H and O–H groups in total. The molecule has 20 heavy (non-hydrogen) atoms. The summed E-state index contributed by atoms with van der Waals surface area (Å²) in [5.41, 5.74) is 2.82. The first kappa shape index (κ1) is 13.8. The minimum atomic E-state index is -1.07. The average molecular weight is 270 g/mol. The van der Waals surface area contributed by atoms with Crippen LogP contribution in [-0.2, 0) is 0 Å². The standard InChI is InChI=1S/C16H14O4/c1-9-3-5-11(15(17)18)13(7-9)14-8-10(2)4-6-12(14)16(19)20/h3-8H,1-2H3,(H,17,18)(H,19,20). The Morgan fingerprint density at radius 2 is 1.10 bits per heavy atom. The first-order valence-electron chi connectivity index (χ1n) is 6.08. The summed E-state index contributed by atoms with van der Waals surface area (Å²) in [6.45, 7) is 3.68. The first-order valence-corrected chi connectivity index (χ1v) is 6.08. The quantitative estimate of drug-likeness (QED) is 0.896. The predicted octanol–water partition coefficient (Wildman–Crippen LogP) is 3.37. The second-order valence-corrected chi connectivity index (χ2v) is 4.71. The van der Waals surface area contributed by atoms with Crippen LogP contribution in [0.25, 0.3) is 11.1 Å². The summed E-state index contributed by atoms with van der Waals surface area (Å²) in [5, 5.41) is 18.5. The maximum Gasteiger partial charge on any atom is 0.336 e. The molecule has 4 heteroatoms. The van der Waals surface area contributed by atoms with Gasteiger partial charge in [0.25, 0.3) is 0 Å². The Labute approximate surface area is 116 Å². The van der Waals surface area contributed by atoms with Gasteiger partial charge in [-0.1, -0.05) is 35.4 Å². The Morgan fingerprint density at radius 1 is 0.750 bits per heavy atom. The maximum atomic E-state index is 11.3. The number of aryl methyl sites for hydroxylation is 2. The van der Waals surface area contributed by atoms with Crippen LogP contribution in [0.4, 0.5) is 0 Å². The van der Waals surface area contributed by atoms with E-state index in [1.54, 1.807) is 24.3 Å². The molecule has 0 aromatic heterocycles. The van der Waals surface area contributed by atoms with Gasteiger partial charge < -0.3 is 10.2 Å². The normalized spacial score (nSPS) is 10.3. The van der Waals surface area contributed by atoms with Crippen LogP contribution >= 0.6 is 0 Å². The Morgan fingerprint density at radius 3 is 1.40 bits per heavy atom. The van der Waals surface area contributed by atoms with E-state index in [2.05, 4.69) is 0 Å². The van der Waals surface area contributed by atoms with Gasteiger partial charge in [0.05, 0.1) is 11.1 Å². The van der Waals surface area contributed by atoms with E-state index in [-0.39, 0.29) is 11.1 Å². The van der Waals surface area contributed by atoms with Gasteiger partial charge in [-0.2, -0.15) is 0 Å². The molecule has 4 nitrogen and oxygen atoms in total. The highest BCUT2D eigenvalue weighted by atomic mass is 16.4. The molecule has 0 fully saturated rings. The zero-order chi connectivity index (χ0) is 14.9. The molecule has 0 unspecified atom stereocenters. The Balaban J connectivity index is 2.79. The molecule has 2 aromatic rings. The largest absolute Gasteiger partial charge is 0.478 e. The molecule has 0 spiro atoms. The molecule has 0 aliphatic carbocycles. The third kappa shape index (κ3) is 2.54. The van der Waals surface area contributed by atoms with E-state index in [1.165, 1.54) is 12.1 Å². The summed E-state index contributed by atoms with van der Waals surface area (Å²) in [5.74, 6) is -2.14. The molecule has 0 atom stereocenters. The summed E-state index contributed by atoms with van der Waals surface area (Å²) in [6, 6.07) is 9.80. The molecule has 2 aromatic carbocycles. The summed E-state index contributed by atoms with van der Waals surface area (Å²) in [4.78, 5) is 22.7. The van der Waals surface area contributed by atoms with Gasteiger partial charge >= 0.3 is 11.9 Å². The molecule has 0 saturated carbocycles. The minimum absolute atomic E-state index is 0.101. The zero-order valence-electron chi connectivity index (χ0n) is 11.2. The SMILES string of the molecule is Cc1ccc(C(=O)O)c(-c2cc(C)ccc2C(=O)O)c1. The fourth-order valence-electron chi connectivity index (χ4n) is 2.13. The number of carboxylic acids is 2. The van der Waals surface area contributed by atoms with Crippen LogP contribution in [0.3, 0.4) is 0 Å². The molecule has 0 aliphatic rings. The van der Waals surface area contributed by atoms with Crippen LogP contribution in [-0.4, -0.2) is 22.2 Å². The maximum absolute atomic E-state index is 11.3. The van der Waals surface area contributed by atoms with Crippen LogP contribution in [0.15, 0.2) is 36.4 Å². The third-order valence-electron chi connectivity index (χ3n) is 3.10. The fraction of sp³-hybridized carbons (Fsp3) is 0.125. The number of aromatic carboxylic acids is 2. The summed E-state index contributed by atoms with van der Waals surface area (Å²) < 4.78 is 0. The van der Waals surface area contributed by atoms with Crippen molar-refractivity contribution in [2.45, 2.75) is 13.8 Å². The molecule has 0 saturated heterocycles. The van der Waals surface area contributed by atoms with E-state index in [0.717, 1.165) is 11.1 Å². The van der Waals surface area contributed by atoms with E-state index in [1.807, 2.05) is 13.8 Å². The molecular formula is C16H14O4. The lowest BCUT2D eigenvalue weighted by molar-refractivity contribution is 0.0684. The fourth-order valence-corrected chi connectivity index (χ4v) is 2.13. The highest BCUT2D eigenvalue weighted by molar-refractivity contribution is 6.02. The van der Waals surface area contributed by atoms with E-state index in [9.17, 15) is 19.8 Å². The lowest BCUT2D eigenvalue weighted by atomic mass is 9.92. The van der Waals surface area contributed by atoms with Crippen molar-refractivity contribution < 1.29 is 19.8 Å². The minimum Gasteiger partial charge on any atom is -0.478 e. The number of carboxylic acid groups (broad SMARTS) is 2. The van der Waals surface area contributed by atoms with Gasteiger partial charge in [0, 0.05) is 0 Å². The third-order valence-corrected chi connectivity index (χ3v) is 3.10. The smallest absolute Gasteiger partial charge is 0.336 e. The van der Waals surface area contributed by atoms with Gasteiger partial charge in [-0.05, 0) is 37.1 Å². The Hall–Kier alpha value is -2.62. The van der Waals surface area contributed by atoms with Gasteiger partial charge in [-0.15, -0.1) is 0 Å². The number of hydrogen-bond acceptors (Lipinski definition) is 2. The first-order chi connectivity index (χ1) is 9.40. The van der Waals surface area contributed by atoms with E-state index < -0.39 is 11.9 Å². The Kier molecular flexibility index (Phi) is 3.57. The van der Waals surface area contributed by atoms with E-state index >= 15 is 0 Å². The molecule has 0 heterocycles. The van der Waals surface area contributed by atoms with Crippen LogP contribution in [0.2, 0.25) is 0 Å². The monoisotopic (exact) mass is 270 g/mol. The highest BCUT2D eigenvalue weighted by Crippen LogP contribution is 2.29. The van der Waals surface area contributed by atoms with E-state index in [4.69, 9.17) is 0 Å². The van der Waals surface area contributed by atoms with E-state index in [0.29, 0.717) is 11.1 Å². The van der Waals surface area contributed by atoms with Crippen molar-refractivity contribution in [3.05, 3.63) is 58.7 Å². The topological polar surface area (TPSA) is 74.6 Å². The van der Waals surface area contributed by atoms with Crippen molar-refractivity contribution in [2.24, 2.45) is 0 Å². The molecule has 0 amide bonds. The molecular weight excluding hydrogens is 256 g/mol. The Bertz CT molecular complexity index is 640. The number of benzene rings is 2. The second kappa shape index (κ2) is 5.17. The van der Waals surface area contributed by atoms with Crippen LogP contribution in [0.1, 0.15) is 31.8 Å². The summed E-state index contributed by atoms with van der Waals surface area (Å²) >= 11 is 0. The molecule has 2 rings (SSSR count). The van der Waals surface area contributed by atoms with Crippen LogP contribution < -0.4 is 0 Å². The molecule has 102 valence electrons. The summed E-state index contributed by atoms with van der Waals surface area (Å²) in [6.07, 6.45) is 0. The predicted molar refractivity (Wildman–Crippen MR) is 75.3 cm³/mol. The lowest BCUT2D eigenvalue weighted by Gasteiger charge is -2.11.